The van der Waals surface area contributed by atoms with Crippen LogP contribution in [0.2, 0.25) is 0 Å². The van der Waals surface area contributed by atoms with E-state index in [0.717, 1.165) is 24.3 Å². The Kier molecular flexibility index (Phi) is 4.45. The van der Waals surface area contributed by atoms with Crippen LogP contribution in [0.25, 0.3) is 0 Å². The molecule has 2 N–H and O–H groups in total. The molecular formula is C17H14F2N2O4. The van der Waals surface area contributed by atoms with Crippen molar-refractivity contribution in [1.29, 1.82) is 0 Å². The minimum atomic E-state index is -1.19. The lowest BCUT2D eigenvalue weighted by Crippen LogP contribution is -2.15. The van der Waals surface area contributed by atoms with Gasteiger partial charge in [0.15, 0.2) is 0 Å². The van der Waals surface area contributed by atoms with Crippen molar-refractivity contribution in [2.24, 2.45) is 0 Å². The van der Waals surface area contributed by atoms with Gasteiger partial charge in [-0.2, -0.15) is 0 Å². The van der Waals surface area contributed by atoms with Crippen LogP contribution in [0.4, 0.5) is 14.5 Å². The highest BCUT2D eigenvalue weighted by Gasteiger charge is 2.31. The van der Waals surface area contributed by atoms with Crippen molar-refractivity contribution < 1.29 is 23.6 Å². The molecule has 0 amide bonds. The van der Waals surface area contributed by atoms with Crippen molar-refractivity contribution in [3.63, 3.8) is 0 Å². The number of aromatic carboxylic acids is 1. The zero-order valence-electron chi connectivity index (χ0n) is 12.9. The van der Waals surface area contributed by atoms with Gasteiger partial charge in [-0.25, -0.2) is 13.6 Å². The molecule has 2 aromatic rings. The fraction of sp³-hybridized carbons (Fsp3) is 0.235. The summed E-state index contributed by atoms with van der Waals surface area (Å²) in [4.78, 5) is 21.8. The third-order valence-corrected chi connectivity index (χ3v) is 4.38. The Balaban J connectivity index is 1.93. The number of hydrogen-bond acceptors (Lipinski definition) is 4. The molecule has 1 aliphatic rings. The Morgan fingerprint density at radius 1 is 1.20 bits per heavy atom. The molecule has 1 saturated heterocycles. The van der Waals surface area contributed by atoms with Gasteiger partial charge in [0, 0.05) is 30.3 Å². The summed E-state index contributed by atoms with van der Waals surface area (Å²) in [6.07, 6.45) is 0.307. The SMILES string of the molecule is O=C(O)c1ccc([N+](=O)[O-])cc1[C@H]1CN[C@@H](c2cc(F)ccc2F)C1. The van der Waals surface area contributed by atoms with Crippen molar-refractivity contribution in [3.05, 3.63) is 74.8 Å². The van der Waals surface area contributed by atoms with E-state index in [4.69, 9.17) is 0 Å². The first-order chi connectivity index (χ1) is 11.9. The quantitative estimate of drug-likeness (QED) is 0.653. The van der Waals surface area contributed by atoms with Crippen molar-refractivity contribution in [3.8, 4) is 0 Å². The number of halogens is 2. The third-order valence-electron chi connectivity index (χ3n) is 4.38. The van der Waals surface area contributed by atoms with Gasteiger partial charge >= 0.3 is 5.97 Å². The van der Waals surface area contributed by atoms with Crippen LogP contribution >= 0.6 is 0 Å². The molecule has 0 aromatic heterocycles. The lowest BCUT2D eigenvalue weighted by atomic mass is 9.90. The number of hydrogen-bond donors (Lipinski definition) is 2. The van der Waals surface area contributed by atoms with Gasteiger partial charge in [0.1, 0.15) is 11.6 Å². The van der Waals surface area contributed by atoms with Gasteiger partial charge < -0.3 is 10.4 Å². The first-order valence-electron chi connectivity index (χ1n) is 7.56. The normalized spacial score (nSPS) is 19.8. The van der Waals surface area contributed by atoms with Gasteiger partial charge in [0.2, 0.25) is 0 Å². The second-order valence-electron chi connectivity index (χ2n) is 5.89. The summed E-state index contributed by atoms with van der Waals surface area (Å²) >= 11 is 0. The van der Waals surface area contributed by atoms with Crippen molar-refractivity contribution in [1.82, 2.24) is 5.32 Å². The summed E-state index contributed by atoms with van der Waals surface area (Å²) in [6.45, 7) is 0.308. The average Bonchev–Trinajstić information content (AvgIpc) is 3.06. The van der Waals surface area contributed by atoms with Crippen molar-refractivity contribution >= 4 is 11.7 Å². The van der Waals surface area contributed by atoms with Gasteiger partial charge in [0.25, 0.3) is 5.69 Å². The van der Waals surface area contributed by atoms with E-state index in [0.29, 0.717) is 18.5 Å². The summed E-state index contributed by atoms with van der Waals surface area (Å²) in [5, 5.41) is 23.3. The fourth-order valence-corrected chi connectivity index (χ4v) is 3.19. The second-order valence-corrected chi connectivity index (χ2v) is 5.89. The largest absolute Gasteiger partial charge is 0.478 e. The maximum atomic E-state index is 13.9. The number of carbonyl (C=O) groups is 1. The number of rotatable bonds is 4. The molecule has 0 radical (unpaired) electrons. The van der Waals surface area contributed by atoms with Gasteiger partial charge in [-0.1, -0.05) is 0 Å². The van der Waals surface area contributed by atoms with Gasteiger partial charge in [-0.05, 0) is 42.2 Å². The van der Waals surface area contributed by atoms with Gasteiger partial charge in [-0.15, -0.1) is 0 Å². The predicted octanol–water partition coefficient (Wildman–Crippen LogP) is 3.39. The topological polar surface area (TPSA) is 92.5 Å². The minimum absolute atomic E-state index is 0.0298. The molecular weight excluding hydrogens is 334 g/mol. The number of carboxylic acid groups (broad SMARTS) is 1. The van der Waals surface area contributed by atoms with Gasteiger partial charge in [-0.3, -0.25) is 10.1 Å². The molecule has 130 valence electrons. The third kappa shape index (κ3) is 3.34. The molecule has 0 bridgehead atoms. The van der Waals surface area contributed by atoms with Crippen LogP contribution in [0.3, 0.4) is 0 Å². The molecule has 0 unspecified atom stereocenters. The molecule has 0 spiro atoms. The van der Waals surface area contributed by atoms with Crippen LogP contribution in [-0.4, -0.2) is 22.5 Å². The number of nitrogens with one attached hydrogen (secondary N) is 1. The Morgan fingerprint density at radius 2 is 1.96 bits per heavy atom. The van der Waals surface area contributed by atoms with E-state index in [-0.39, 0.29) is 22.7 Å². The molecule has 0 saturated carbocycles. The standard InChI is InChI=1S/C17H14F2N2O4/c18-10-1-4-15(19)14(6-10)16-5-9(8-20-16)13-7-11(21(24)25)2-3-12(13)17(22)23/h1-4,6-7,9,16,20H,5,8H2,(H,22,23)/t9-,16-/m1/s1. The number of carboxylic acids is 1. The summed E-state index contributed by atoms with van der Waals surface area (Å²) < 4.78 is 27.3. The zero-order valence-corrected chi connectivity index (χ0v) is 12.9. The highest BCUT2D eigenvalue weighted by atomic mass is 19.1. The van der Waals surface area contributed by atoms with E-state index in [2.05, 4.69) is 5.32 Å². The van der Waals surface area contributed by atoms with E-state index >= 15 is 0 Å². The Morgan fingerprint density at radius 3 is 2.64 bits per heavy atom. The lowest BCUT2D eigenvalue weighted by molar-refractivity contribution is -0.384. The van der Waals surface area contributed by atoms with Gasteiger partial charge in [0.05, 0.1) is 10.5 Å². The summed E-state index contributed by atoms with van der Waals surface area (Å²) in [5.74, 6) is -2.68. The maximum absolute atomic E-state index is 13.9. The Hall–Kier alpha value is -2.87. The second kappa shape index (κ2) is 6.56. The number of nitrogens with zero attached hydrogens (tertiary/aromatic N) is 1. The number of benzene rings is 2. The monoisotopic (exact) mass is 348 g/mol. The van der Waals surface area contributed by atoms with Crippen molar-refractivity contribution in [2.75, 3.05) is 6.54 Å². The molecule has 25 heavy (non-hydrogen) atoms. The maximum Gasteiger partial charge on any atom is 0.335 e. The minimum Gasteiger partial charge on any atom is -0.478 e. The molecule has 2 atom stereocenters. The molecule has 1 fully saturated rings. The molecule has 6 nitrogen and oxygen atoms in total. The smallest absolute Gasteiger partial charge is 0.335 e. The highest BCUT2D eigenvalue weighted by Crippen LogP contribution is 2.37. The molecule has 0 aliphatic carbocycles. The Bertz CT molecular complexity index is 857. The molecule has 3 rings (SSSR count). The van der Waals surface area contributed by atoms with Crippen LogP contribution < -0.4 is 5.32 Å². The molecule has 8 heteroatoms. The van der Waals surface area contributed by atoms with E-state index in [1.165, 1.54) is 12.1 Å². The summed E-state index contributed by atoms with van der Waals surface area (Å²) in [7, 11) is 0. The average molecular weight is 348 g/mol. The van der Waals surface area contributed by atoms with E-state index in [1.807, 2.05) is 0 Å². The first-order valence-corrected chi connectivity index (χ1v) is 7.56. The van der Waals surface area contributed by atoms with Crippen LogP contribution in [0, 0.1) is 21.7 Å². The highest BCUT2D eigenvalue weighted by molar-refractivity contribution is 5.90. The van der Waals surface area contributed by atoms with Crippen molar-refractivity contribution in [2.45, 2.75) is 18.4 Å². The van der Waals surface area contributed by atoms with Crippen LogP contribution in [0.15, 0.2) is 36.4 Å². The van der Waals surface area contributed by atoms with Crippen LogP contribution in [-0.2, 0) is 0 Å². The van der Waals surface area contributed by atoms with Crippen LogP contribution in [0.5, 0.6) is 0 Å². The number of non-ortho nitro benzene ring substituents is 1. The molecule has 1 aliphatic heterocycles. The van der Waals surface area contributed by atoms with E-state index in [9.17, 15) is 28.8 Å². The summed E-state index contributed by atoms with van der Waals surface area (Å²) in [5.41, 5.74) is 0.233. The molecule has 2 aromatic carbocycles. The fourth-order valence-electron chi connectivity index (χ4n) is 3.19. The Labute approximate surface area is 141 Å². The van der Waals surface area contributed by atoms with E-state index in [1.54, 1.807) is 0 Å². The number of nitro benzene ring substituents is 1. The summed E-state index contributed by atoms with van der Waals surface area (Å²) in [6, 6.07) is 6.23. The number of nitro groups is 1. The molecule has 1 heterocycles. The van der Waals surface area contributed by atoms with E-state index < -0.39 is 28.6 Å². The lowest BCUT2D eigenvalue weighted by Gasteiger charge is -2.14. The first kappa shape index (κ1) is 17.0. The predicted molar refractivity (Wildman–Crippen MR) is 84.5 cm³/mol. The van der Waals surface area contributed by atoms with Crippen LogP contribution in [0.1, 0.15) is 39.9 Å². The zero-order chi connectivity index (χ0) is 18.1.